The van der Waals surface area contributed by atoms with E-state index >= 15 is 0 Å². The highest BCUT2D eigenvalue weighted by atomic mass is 15.3. The molecule has 138 valence electrons. The summed E-state index contributed by atoms with van der Waals surface area (Å²) in [6.07, 6.45) is 1.45. The van der Waals surface area contributed by atoms with Crippen molar-refractivity contribution >= 4 is 11.9 Å². The van der Waals surface area contributed by atoms with E-state index in [1.165, 1.54) is 34.2 Å². The lowest BCUT2D eigenvalue weighted by atomic mass is 10.0. The molecule has 2 aromatic carbocycles. The second-order valence-electron chi connectivity index (χ2n) is 7.73. The fraction of sp³-hybridized carbons (Fsp3) is 0.435. The van der Waals surface area contributed by atoms with E-state index in [0.717, 1.165) is 38.3 Å². The van der Waals surface area contributed by atoms with Crippen molar-refractivity contribution in [2.24, 2.45) is 0 Å². The SMILES string of the molecule is Cc1c(C=N)ccc(N2CCN(Cc3ccc(C(C)C)cc3)CC2)c1C. The molecule has 0 radical (unpaired) electrons. The summed E-state index contributed by atoms with van der Waals surface area (Å²) in [5.74, 6) is 0.596. The van der Waals surface area contributed by atoms with Gasteiger partial charge in [-0.2, -0.15) is 0 Å². The van der Waals surface area contributed by atoms with E-state index in [1.54, 1.807) is 0 Å². The van der Waals surface area contributed by atoms with Crippen molar-refractivity contribution in [1.82, 2.24) is 4.90 Å². The Morgan fingerprint density at radius 2 is 1.58 bits per heavy atom. The van der Waals surface area contributed by atoms with E-state index in [1.807, 2.05) is 0 Å². The third kappa shape index (κ3) is 3.99. The number of rotatable bonds is 5. The van der Waals surface area contributed by atoms with Gasteiger partial charge in [0.25, 0.3) is 0 Å². The third-order valence-electron chi connectivity index (χ3n) is 5.72. The molecule has 0 saturated carbocycles. The molecule has 1 aliphatic heterocycles. The minimum Gasteiger partial charge on any atom is -0.369 e. The Bertz CT molecular complexity index is 754. The molecular weight excluding hydrogens is 318 g/mol. The smallest absolute Gasteiger partial charge is 0.0399 e. The van der Waals surface area contributed by atoms with Crippen LogP contribution in [-0.2, 0) is 6.54 Å². The van der Waals surface area contributed by atoms with Gasteiger partial charge in [-0.3, -0.25) is 4.90 Å². The Morgan fingerprint density at radius 3 is 2.15 bits per heavy atom. The summed E-state index contributed by atoms with van der Waals surface area (Å²) in [5, 5.41) is 7.52. The molecule has 26 heavy (non-hydrogen) atoms. The van der Waals surface area contributed by atoms with Crippen LogP contribution in [0.3, 0.4) is 0 Å². The molecule has 1 N–H and O–H groups in total. The number of hydrogen-bond donors (Lipinski definition) is 1. The van der Waals surface area contributed by atoms with Gasteiger partial charge >= 0.3 is 0 Å². The van der Waals surface area contributed by atoms with Crippen LogP contribution in [0.15, 0.2) is 36.4 Å². The zero-order chi connectivity index (χ0) is 18.7. The van der Waals surface area contributed by atoms with E-state index in [0.29, 0.717) is 5.92 Å². The maximum absolute atomic E-state index is 7.52. The molecule has 0 amide bonds. The molecule has 0 atom stereocenters. The standard InChI is InChI=1S/C23H31N3/c1-17(2)21-7-5-20(6-8-21)16-25-11-13-26(14-12-25)23-10-9-22(15-24)18(3)19(23)4/h5-10,15,17,24H,11-14,16H2,1-4H3. The van der Waals surface area contributed by atoms with Crippen molar-refractivity contribution in [1.29, 1.82) is 5.41 Å². The summed E-state index contributed by atoms with van der Waals surface area (Å²) < 4.78 is 0. The van der Waals surface area contributed by atoms with Gasteiger partial charge in [0.05, 0.1) is 0 Å². The quantitative estimate of drug-likeness (QED) is 0.790. The predicted molar refractivity (Wildman–Crippen MR) is 112 cm³/mol. The van der Waals surface area contributed by atoms with E-state index < -0.39 is 0 Å². The van der Waals surface area contributed by atoms with Crippen LogP contribution in [0.1, 0.15) is 47.6 Å². The first-order chi connectivity index (χ1) is 12.5. The zero-order valence-electron chi connectivity index (χ0n) is 16.5. The van der Waals surface area contributed by atoms with E-state index in [9.17, 15) is 0 Å². The van der Waals surface area contributed by atoms with Gasteiger partial charge in [0.2, 0.25) is 0 Å². The lowest BCUT2D eigenvalue weighted by molar-refractivity contribution is 0.250. The molecule has 0 spiro atoms. The average Bonchev–Trinajstić information content (AvgIpc) is 2.65. The fourth-order valence-corrected chi connectivity index (χ4v) is 3.74. The zero-order valence-corrected chi connectivity index (χ0v) is 16.5. The van der Waals surface area contributed by atoms with Crippen LogP contribution in [-0.4, -0.2) is 37.3 Å². The molecule has 2 aromatic rings. The lowest BCUT2D eigenvalue weighted by Gasteiger charge is -2.37. The summed E-state index contributed by atoms with van der Waals surface area (Å²) in [4.78, 5) is 5.05. The van der Waals surface area contributed by atoms with Gasteiger partial charge in [-0.05, 0) is 53.6 Å². The molecular formula is C23H31N3. The Balaban J connectivity index is 1.61. The summed E-state index contributed by atoms with van der Waals surface area (Å²) in [6, 6.07) is 13.4. The van der Waals surface area contributed by atoms with Crippen molar-refractivity contribution in [3.63, 3.8) is 0 Å². The molecule has 0 unspecified atom stereocenters. The second-order valence-corrected chi connectivity index (χ2v) is 7.73. The second kappa shape index (κ2) is 8.05. The lowest BCUT2D eigenvalue weighted by Crippen LogP contribution is -2.46. The highest BCUT2D eigenvalue weighted by molar-refractivity contribution is 5.81. The number of benzene rings is 2. The number of anilines is 1. The summed E-state index contributed by atoms with van der Waals surface area (Å²) in [6.45, 7) is 14.1. The number of hydrogen-bond acceptors (Lipinski definition) is 3. The summed E-state index contributed by atoms with van der Waals surface area (Å²) >= 11 is 0. The summed E-state index contributed by atoms with van der Waals surface area (Å²) in [7, 11) is 0. The molecule has 3 nitrogen and oxygen atoms in total. The van der Waals surface area contributed by atoms with Crippen molar-refractivity contribution in [3.05, 3.63) is 64.2 Å². The van der Waals surface area contributed by atoms with Crippen LogP contribution < -0.4 is 4.90 Å². The molecule has 1 fully saturated rings. The number of nitrogens with one attached hydrogen (secondary N) is 1. The maximum Gasteiger partial charge on any atom is 0.0399 e. The molecule has 0 bridgehead atoms. The Kier molecular flexibility index (Phi) is 5.77. The monoisotopic (exact) mass is 349 g/mol. The van der Waals surface area contributed by atoms with Crippen LogP contribution in [0.2, 0.25) is 0 Å². The minimum atomic E-state index is 0.596. The van der Waals surface area contributed by atoms with Crippen LogP contribution in [0.4, 0.5) is 5.69 Å². The predicted octanol–water partition coefficient (Wildman–Crippen LogP) is 4.75. The van der Waals surface area contributed by atoms with Crippen molar-refractivity contribution < 1.29 is 0 Å². The van der Waals surface area contributed by atoms with Crippen LogP contribution in [0, 0.1) is 19.3 Å². The molecule has 0 aliphatic carbocycles. The average molecular weight is 350 g/mol. The molecule has 3 heteroatoms. The minimum absolute atomic E-state index is 0.596. The third-order valence-corrected chi connectivity index (χ3v) is 5.72. The van der Waals surface area contributed by atoms with Crippen molar-refractivity contribution in [2.75, 3.05) is 31.1 Å². The van der Waals surface area contributed by atoms with Gasteiger partial charge < -0.3 is 10.3 Å². The molecule has 0 aromatic heterocycles. The first kappa shape index (κ1) is 18.7. The van der Waals surface area contributed by atoms with Crippen LogP contribution in [0.5, 0.6) is 0 Å². The van der Waals surface area contributed by atoms with Crippen LogP contribution in [0.25, 0.3) is 0 Å². The fourth-order valence-electron chi connectivity index (χ4n) is 3.74. The van der Waals surface area contributed by atoms with E-state index in [4.69, 9.17) is 5.41 Å². The van der Waals surface area contributed by atoms with Gasteiger partial charge in [0.1, 0.15) is 0 Å². The largest absolute Gasteiger partial charge is 0.369 e. The van der Waals surface area contributed by atoms with E-state index in [2.05, 4.69) is 73.9 Å². The molecule has 1 saturated heterocycles. The van der Waals surface area contributed by atoms with Gasteiger partial charge in [-0.25, -0.2) is 0 Å². The van der Waals surface area contributed by atoms with Gasteiger partial charge in [0.15, 0.2) is 0 Å². The number of nitrogens with zero attached hydrogens (tertiary/aromatic N) is 2. The normalized spacial score (nSPS) is 15.5. The first-order valence-corrected chi connectivity index (χ1v) is 9.66. The van der Waals surface area contributed by atoms with Gasteiger partial charge in [-0.15, -0.1) is 0 Å². The van der Waals surface area contributed by atoms with Gasteiger partial charge in [-0.1, -0.05) is 44.2 Å². The summed E-state index contributed by atoms with van der Waals surface area (Å²) in [5.41, 5.74) is 7.71. The highest BCUT2D eigenvalue weighted by Gasteiger charge is 2.19. The molecule has 1 heterocycles. The Morgan fingerprint density at radius 1 is 0.923 bits per heavy atom. The van der Waals surface area contributed by atoms with Crippen molar-refractivity contribution in [2.45, 2.75) is 40.2 Å². The topological polar surface area (TPSA) is 30.3 Å². The first-order valence-electron chi connectivity index (χ1n) is 9.66. The maximum atomic E-state index is 7.52. The van der Waals surface area contributed by atoms with E-state index in [-0.39, 0.29) is 0 Å². The molecule has 3 rings (SSSR count). The van der Waals surface area contributed by atoms with Crippen molar-refractivity contribution in [3.8, 4) is 0 Å². The van der Waals surface area contributed by atoms with Gasteiger partial charge in [0, 0.05) is 44.6 Å². The highest BCUT2D eigenvalue weighted by Crippen LogP contribution is 2.26. The Hall–Kier alpha value is -2.13. The van der Waals surface area contributed by atoms with Crippen LogP contribution >= 0.6 is 0 Å². The molecule has 1 aliphatic rings. The Labute approximate surface area is 158 Å². The number of piperazine rings is 1.